The third kappa shape index (κ3) is 5.21. The van der Waals surface area contributed by atoms with Gasteiger partial charge in [-0.2, -0.15) is 0 Å². The lowest BCUT2D eigenvalue weighted by molar-refractivity contribution is 0.339. The number of hydrogen-bond donors (Lipinski definition) is 2. The molecule has 0 aromatic rings. The molecule has 9 heavy (non-hydrogen) atoms. The summed E-state index contributed by atoms with van der Waals surface area (Å²) in [6.07, 6.45) is 4.57. The molecule has 0 amide bonds. The van der Waals surface area contributed by atoms with E-state index >= 15 is 0 Å². The van der Waals surface area contributed by atoms with Gasteiger partial charge in [0.05, 0.1) is 0 Å². The topological polar surface area (TPSA) is 40.5 Å². The number of aliphatic hydroxyl groups is 2. The predicted octanol–water partition coefficient (Wildman–Crippen LogP) is 2.52. The molecule has 0 unspecified atom stereocenters. The van der Waals surface area contributed by atoms with Crippen LogP contribution in [0, 0.1) is 0 Å². The lowest BCUT2D eigenvalue weighted by atomic mass is 10.2. The Hall–Kier alpha value is -0.660. The monoisotopic (exact) mass is 130 g/mol. The molecule has 0 aromatic carbocycles. The highest BCUT2D eigenvalue weighted by atomic mass is 16.3. The fraction of sp³-hybridized carbons (Fsp3) is 0.714. The fourth-order valence-electron chi connectivity index (χ4n) is 0.621. The minimum absolute atomic E-state index is 0.0865. The van der Waals surface area contributed by atoms with E-state index in [4.69, 9.17) is 10.2 Å². The number of rotatable bonds is 4. The molecule has 0 saturated heterocycles. The van der Waals surface area contributed by atoms with E-state index in [0.717, 1.165) is 25.5 Å². The predicted molar refractivity (Wildman–Crippen MR) is 37.5 cm³/mol. The maximum atomic E-state index is 8.70. The molecular weight excluding hydrogens is 116 g/mol. The summed E-state index contributed by atoms with van der Waals surface area (Å²) in [5.41, 5.74) is 0. The Bertz CT molecular complexity index is 86.9. The molecule has 2 nitrogen and oxygen atoms in total. The van der Waals surface area contributed by atoms with Crippen molar-refractivity contribution in [2.45, 2.75) is 32.6 Å². The highest BCUT2D eigenvalue weighted by molar-refractivity contribution is 4.82. The molecule has 0 bridgehead atoms. The number of aliphatic hydroxyl groups excluding tert-OH is 2. The lowest BCUT2D eigenvalue weighted by Crippen LogP contribution is -1.81. The molecule has 0 aliphatic carbocycles. The largest absolute Gasteiger partial charge is 0.512 e. The van der Waals surface area contributed by atoms with E-state index in [9.17, 15) is 0 Å². The molecule has 0 radical (unpaired) electrons. The van der Waals surface area contributed by atoms with Gasteiger partial charge in [0.25, 0.3) is 0 Å². The van der Waals surface area contributed by atoms with Gasteiger partial charge in [-0.15, -0.1) is 0 Å². The molecule has 54 valence electrons. The van der Waals surface area contributed by atoms with Crippen LogP contribution in [-0.2, 0) is 0 Å². The minimum atomic E-state index is 0.0865. The van der Waals surface area contributed by atoms with Crippen molar-refractivity contribution in [3.63, 3.8) is 0 Å². The molecule has 2 N–H and O–H groups in total. The summed E-state index contributed by atoms with van der Waals surface area (Å²) in [4.78, 5) is 0. The van der Waals surface area contributed by atoms with Crippen LogP contribution in [0.15, 0.2) is 12.0 Å². The van der Waals surface area contributed by atoms with Crippen LogP contribution in [0.1, 0.15) is 32.6 Å². The van der Waals surface area contributed by atoms with Gasteiger partial charge in [0.1, 0.15) is 12.0 Å². The second-order valence-electron chi connectivity index (χ2n) is 2.08. The highest BCUT2D eigenvalue weighted by Gasteiger charge is 1.90. The van der Waals surface area contributed by atoms with Gasteiger partial charge in [0.2, 0.25) is 0 Å². The molecule has 0 aliphatic rings. The first-order chi connectivity index (χ1) is 4.31. The van der Waals surface area contributed by atoms with Crippen LogP contribution in [0.5, 0.6) is 0 Å². The van der Waals surface area contributed by atoms with E-state index in [1.807, 2.05) is 0 Å². The van der Waals surface area contributed by atoms with Crippen molar-refractivity contribution in [1.29, 1.82) is 0 Å². The molecule has 0 saturated carbocycles. The standard InChI is InChI=1S/C7H14O2/c1-2-3-4-5-7(9)6-8/h6,8-9H,2-5H2,1H3/b7-6+. The average Bonchev–Trinajstić information content (AvgIpc) is 1.89. The van der Waals surface area contributed by atoms with E-state index in [0.29, 0.717) is 6.42 Å². The maximum absolute atomic E-state index is 8.70. The molecule has 0 rings (SSSR count). The van der Waals surface area contributed by atoms with Crippen LogP contribution in [-0.4, -0.2) is 10.2 Å². The van der Waals surface area contributed by atoms with E-state index in [1.54, 1.807) is 0 Å². The molecule has 0 spiro atoms. The van der Waals surface area contributed by atoms with Gasteiger partial charge >= 0.3 is 0 Å². The van der Waals surface area contributed by atoms with Crippen molar-refractivity contribution in [2.75, 3.05) is 0 Å². The quantitative estimate of drug-likeness (QED) is 0.453. The highest BCUT2D eigenvalue weighted by Crippen LogP contribution is 2.04. The van der Waals surface area contributed by atoms with E-state index in [1.165, 1.54) is 0 Å². The van der Waals surface area contributed by atoms with Crippen LogP contribution in [0.25, 0.3) is 0 Å². The van der Waals surface area contributed by atoms with Crippen molar-refractivity contribution in [2.24, 2.45) is 0 Å². The zero-order valence-electron chi connectivity index (χ0n) is 5.80. The normalized spacial score (nSPS) is 11.9. The van der Waals surface area contributed by atoms with Gasteiger partial charge < -0.3 is 10.2 Å². The summed E-state index contributed by atoms with van der Waals surface area (Å²) in [5, 5.41) is 16.9. The van der Waals surface area contributed by atoms with Crippen molar-refractivity contribution in [3.8, 4) is 0 Å². The van der Waals surface area contributed by atoms with Crippen LogP contribution in [0.2, 0.25) is 0 Å². The minimum Gasteiger partial charge on any atom is -0.512 e. The van der Waals surface area contributed by atoms with Gasteiger partial charge in [-0.25, -0.2) is 0 Å². The lowest BCUT2D eigenvalue weighted by Gasteiger charge is -1.95. The average molecular weight is 130 g/mol. The van der Waals surface area contributed by atoms with Gasteiger partial charge in [-0.3, -0.25) is 0 Å². The van der Waals surface area contributed by atoms with Crippen LogP contribution >= 0.6 is 0 Å². The molecule has 2 heteroatoms. The second-order valence-corrected chi connectivity index (χ2v) is 2.08. The second kappa shape index (κ2) is 5.48. The third-order valence-electron chi connectivity index (χ3n) is 1.19. The smallest absolute Gasteiger partial charge is 0.126 e. The van der Waals surface area contributed by atoms with E-state index in [2.05, 4.69) is 6.92 Å². The summed E-state index contributed by atoms with van der Waals surface area (Å²) in [7, 11) is 0. The molecule has 0 heterocycles. The van der Waals surface area contributed by atoms with Crippen LogP contribution in [0.4, 0.5) is 0 Å². The Morgan fingerprint density at radius 2 is 2.11 bits per heavy atom. The van der Waals surface area contributed by atoms with Gasteiger partial charge in [0.15, 0.2) is 0 Å². The first-order valence-corrected chi connectivity index (χ1v) is 3.33. The Morgan fingerprint density at radius 1 is 1.44 bits per heavy atom. The maximum Gasteiger partial charge on any atom is 0.126 e. The molecule has 0 aliphatic heterocycles. The first kappa shape index (κ1) is 8.34. The summed E-state index contributed by atoms with van der Waals surface area (Å²) >= 11 is 0. The number of hydrogen-bond acceptors (Lipinski definition) is 2. The Labute approximate surface area is 55.8 Å². The Kier molecular flexibility index (Phi) is 5.07. The van der Waals surface area contributed by atoms with Crippen LogP contribution < -0.4 is 0 Å². The molecule has 0 atom stereocenters. The van der Waals surface area contributed by atoms with Gasteiger partial charge in [-0.1, -0.05) is 19.8 Å². The third-order valence-corrected chi connectivity index (χ3v) is 1.19. The first-order valence-electron chi connectivity index (χ1n) is 3.33. The SMILES string of the molecule is CCCCC/C(O)=C\O. The van der Waals surface area contributed by atoms with Crippen LogP contribution in [0.3, 0.4) is 0 Å². The Balaban J connectivity index is 3.07. The van der Waals surface area contributed by atoms with Crippen molar-refractivity contribution in [3.05, 3.63) is 12.0 Å². The van der Waals surface area contributed by atoms with Crippen molar-refractivity contribution in [1.82, 2.24) is 0 Å². The number of unbranched alkanes of at least 4 members (excludes halogenated alkanes) is 2. The molecule has 0 fully saturated rings. The van der Waals surface area contributed by atoms with Crippen molar-refractivity contribution < 1.29 is 10.2 Å². The number of allylic oxidation sites excluding steroid dienone is 1. The summed E-state index contributed by atoms with van der Waals surface area (Å²) < 4.78 is 0. The van der Waals surface area contributed by atoms with E-state index in [-0.39, 0.29) is 5.76 Å². The fourth-order valence-corrected chi connectivity index (χ4v) is 0.621. The summed E-state index contributed by atoms with van der Waals surface area (Å²) in [6.45, 7) is 2.10. The zero-order chi connectivity index (χ0) is 7.11. The molecule has 0 aromatic heterocycles. The molecular formula is C7H14O2. The van der Waals surface area contributed by atoms with Gasteiger partial charge in [0, 0.05) is 6.42 Å². The van der Waals surface area contributed by atoms with E-state index < -0.39 is 0 Å². The Morgan fingerprint density at radius 3 is 2.56 bits per heavy atom. The summed E-state index contributed by atoms with van der Waals surface area (Å²) in [5.74, 6) is 0.0865. The zero-order valence-corrected chi connectivity index (χ0v) is 5.80. The summed E-state index contributed by atoms with van der Waals surface area (Å²) in [6, 6.07) is 0. The van der Waals surface area contributed by atoms with Gasteiger partial charge in [-0.05, 0) is 6.42 Å². The van der Waals surface area contributed by atoms with Crippen molar-refractivity contribution >= 4 is 0 Å².